The Bertz CT molecular complexity index is 1010. The Morgan fingerprint density at radius 3 is 1.50 bits per heavy atom. The van der Waals surface area contributed by atoms with Gasteiger partial charge in [0.1, 0.15) is 30.5 Å². The fourth-order valence-electron chi connectivity index (χ4n) is 7.05. The fourth-order valence-corrected chi connectivity index (χ4v) is 7.56. The molecule has 0 aliphatic carbocycles. The van der Waals surface area contributed by atoms with E-state index < -0.39 is 78.5 Å². The lowest BCUT2D eigenvalue weighted by Gasteiger charge is -2.41. The topological polar surface area (TPSA) is 212 Å². The largest absolute Gasteiger partial charge is 0.397 e. The van der Waals surface area contributed by atoms with Crippen molar-refractivity contribution in [2.24, 2.45) is 0 Å². The summed E-state index contributed by atoms with van der Waals surface area (Å²) in [5, 5.41) is 54.5. The molecule has 0 aromatic rings. The third kappa shape index (κ3) is 24.6. The summed E-state index contributed by atoms with van der Waals surface area (Å²) in [7, 11) is -5.09. The van der Waals surface area contributed by atoms with E-state index >= 15 is 0 Å². The molecule has 0 aromatic heterocycles. The van der Waals surface area contributed by atoms with Crippen LogP contribution in [0.1, 0.15) is 187 Å². The summed E-state index contributed by atoms with van der Waals surface area (Å²) in [6.45, 7) is 3.07. The molecule has 7 N–H and O–H groups in total. The van der Waals surface area contributed by atoms with Crippen molar-refractivity contribution in [3.05, 3.63) is 0 Å². The highest BCUT2D eigenvalue weighted by molar-refractivity contribution is 7.80. The summed E-state index contributed by atoms with van der Waals surface area (Å²) in [6, 6.07) is -1.02. The van der Waals surface area contributed by atoms with E-state index in [1.807, 2.05) is 6.92 Å². The molecule has 1 fully saturated rings. The van der Waals surface area contributed by atoms with Gasteiger partial charge in [0.05, 0.1) is 25.4 Å². The maximum atomic E-state index is 12.9. The summed E-state index contributed by atoms with van der Waals surface area (Å²) < 4.78 is 47.0. The normalized spacial score (nSPS) is 22.3. The number of unbranched alkanes of at least 4 members (excludes halogenated alkanes) is 23. The molecule has 8 unspecified atom stereocenters. The lowest BCUT2D eigenvalue weighted by Crippen LogP contribution is -2.61. The van der Waals surface area contributed by atoms with Crippen LogP contribution in [0, 0.1) is 0 Å². The first-order chi connectivity index (χ1) is 25.9. The predicted octanol–water partition coefficient (Wildman–Crippen LogP) is 6.41. The summed E-state index contributed by atoms with van der Waals surface area (Å²) in [5.41, 5.74) is 0. The van der Waals surface area contributed by atoms with E-state index in [1.54, 1.807) is 0 Å². The molecule has 54 heavy (non-hydrogen) atoms. The first-order valence-corrected chi connectivity index (χ1v) is 22.9. The SMILES string of the molecule is CCCCCCCCCCCCCCCCCCCCCCCCC(O)C(=O)NC(COC1OC(CO)C(O)C(OS(=O)(=O)O)C1O)C(O)CCCCC. The quantitative estimate of drug-likeness (QED) is 0.0271. The predicted molar refractivity (Wildman–Crippen MR) is 210 cm³/mol. The zero-order valence-electron chi connectivity index (χ0n) is 33.7. The number of rotatable bonds is 36. The van der Waals surface area contributed by atoms with Gasteiger partial charge in [-0.15, -0.1) is 0 Å². The zero-order valence-corrected chi connectivity index (χ0v) is 34.5. The summed E-state index contributed by atoms with van der Waals surface area (Å²) in [6.07, 6.45) is 20.1. The number of nitrogens with one attached hydrogen (secondary N) is 1. The molecule has 1 rings (SSSR count). The fraction of sp³-hybridized carbons (Fsp3) is 0.975. The minimum atomic E-state index is -5.09. The second-order valence-corrected chi connectivity index (χ2v) is 16.5. The number of hydrogen-bond acceptors (Lipinski definition) is 11. The number of aliphatic hydroxyl groups is 5. The van der Waals surface area contributed by atoms with Crippen molar-refractivity contribution >= 4 is 16.3 Å². The van der Waals surface area contributed by atoms with Crippen LogP contribution in [0.25, 0.3) is 0 Å². The van der Waals surface area contributed by atoms with Crippen LogP contribution >= 0.6 is 0 Å². The standard InChI is InChI=1S/C40H79NO12S/c1-3-5-7-8-9-10-11-12-13-14-15-16-17-18-19-20-21-22-23-24-25-27-29-34(44)39(47)41-32(33(43)28-26-6-4-2)31-51-40-37(46)38(53-54(48,49)50)36(45)35(30-42)52-40/h32-38,40,42-46H,3-31H2,1-2H3,(H,41,47)(H,48,49,50). The Morgan fingerprint density at radius 1 is 0.667 bits per heavy atom. The van der Waals surface area contributed by atoms with E-state index in [0.717, 1.165) is 32.1 Å². The molecular formula is C40H79NO12S. The Labute approximate surface area is 327 Å². The maximum Gasteiger partial charge on any atom is 0.397 e. The number of amides is 1. The van der Waals surface area contributed by atoms with Crippen molar-refractivity contribution in [3.8, 4) is 0 Å². The molecule has 1 amide bonds. The van der Waals surface area contributed by atoms with Gasteiger partial charge in [0, 0.05) is 0 Å². The lowest BCUT2D eigenvalue weighted by atomic mass is 9.99. The van der Waals surface area contributed by atoms with Crippen molar-refractivity contribution in [3.63, 3.8) is 0 Å². The van der Waals surface area contributed by atoms with E-state index in [-0.39, 0.29) is 6.42 Å². The zero-order chi connectivity index (χ0) is 40.0. The van der Waals surface area contributed by atoms with Crippen molar-refractivity contribution in [1.29, 1.82) is 0 Å². The molecule has 1 saturated heterocycles. The van der Waals surface area contributed by atoms with Crippen LogP contribution in [0.3, 0.4) is 0 Å². The number of carbonyl (C=O) groups excluding carboxylic acids is 1. The smallest absolute Gasteiger partial charge is 0.394 e. The summed E-state index contributed by atoms with van der Waals surface area (Å²) in [4.78, 5) is 12.9. The van der Waals surface area contributed by atoms with Gasteiger partial charge < -0.3 is 40.3 Å². The van der Waals surface area contributed by atoms with Crippen molar-refractivity contribution < 1.29 is 57.0 Å². The van der Waals surface area contributed by atoms with Crippen molar-refractivity contribution in [2.75, 3.05) is 13.2 Å². The number of carbonyl (C=O) groups is 1. The van der Waals surface area contributed by atoms with E-state index in [1.165, 1.54) is 116 Å². The van der Waals surface area contributed by atoms with Gasteiger partial charge in [0.15, 0.2) is 6.29 Å². The number of aliphatic hydroxyl groups excluding tert-OH is 5. The second kappa shape index (κ2) is 32.1. The molecule has 0 spiro atoms. The van der Waals surface area contributed by atoms with Crippen molar-refractivity contribution in [1.82, 2.24) is 5.32 Å². The van der Waals surface area contributed by atoms with E-state index in [2.05, 4.69) is 16.4 Å². The summed E-state index contributed by atoms with van der Waals surface area (Å²) >= 11 is 0. The molecule has 0 bridgehead atoms. The van der Waals surface area contributed by atoms with E-state index in [0.29, 0.717) is 19.3 Å². The molecule has 322 valence electrons. The molecular weight excluding hydrogens is 719 g/mol. The molecule has 0 radical (unpaired) electrons. The third-order valence-corrected chi connectivity index (χ3v) is 11.0. The maximum absolute atomic E-state index is 12.9. The Morgan fingerprint density at radius 2 is 1.07 bits per heavy atom. The van der Waals surface area contributed by atoms with Gasteiger partial charge in [-0.2, -0.15) is 8.42 Å². The van der Waals surface area contributed by atoms with Crippen LogP contribution in [0.4, 0.5) is 0 Å². The molecule has 1 aliphatic rings. The third-order valence-electron chi connectivity index (χ3n) is 10.5. The molecule has 0 aromatic carbocycles. The Kier molecular flexibility index (Phi) is 30.3. The van der Waals surface area contributed by atoms with Crippen LogP contribution < -0.4 is 5.32 Å². The lowest BCUT2D eigenvalue weighted by molar-refractivity contribution is -0.298. The number of hydrogen-bond donors (Lipinski definition) is 7. The van der Waals surface area contributed by atoms with Gasteiger partial charge in [-0.3, -0.25) is 9.35 Å². The first-order valence-electron chi connectivity index (χ1n) is 21.5. The highest BCUT2D eigenvalue weighted by atomic mass is 32.3. The van der Waals surface area contributed by atoms with Crippen LogP contribution in [0.5, 0.6) is 0 Å². The van der Waals surface area contributed by atoms with Gasteiger partial charge in [-0.25, -0.2) is 4.18 Å². The van der Waals surface area contributed by atoms with Gasteiger partial charge in [-0.1, -0.05) is 174 Å². The molecule has 1 heterocycles. The highest BCUT2D eigenvalue weighted by Gasteiger charge is 2.48. The van der Waals surface area contributed by atoms with Crippen LogP contribution in [0.15, 0.2) is 0 Å². The highest BCUT2D eigenvalue weighted by Crippen LogP contribution is 2.26. The van der Waals surface area contributed by atoms with Gasteiger partial charge in [-0.05, 0) is 12.8 Å². The second-order valence-electron chi connectivity index (χ2n) is 15.4. The number of ether oxygens (including phenoxy) is 2. The first kappa shape index (κ1) is 51.1. The van der Waals surface area contributed by atoms with Crippen LogP contribution in [-0.2, 0) is 28.9 Å². The minimum absolute atomic E-state index is 0.264. The average Bonchev–Trinajstić information content (AvgIpc) is 3.13. The van der Waals surface area contributed by atoms with Gasteiger partial charge in [0.2, 0.25) is 5.91 Å². The van der Waals surface area contributed by atoms with Gasteiger partial charge in [0.25, 0.3) is 0 Å². The van der Waals surface area contributed by atoms with Crippen molar-refractivity contribution in [2.45, 2.75) is 236 Å². The van der Waals surface area contributed by atoms with Crippen LogP contribution in [-0.4, -0.2) is 107 Å². The molecule has 8 atom stereocenters. The average molecular weight is 798 g/mol. The molecule has 13 nitrogen and oxygen atoms in total. The Balaban J connectivity index is 2.28. The minimum Gasteiger partial charge on any atom is -0.394 e. The van der Waals surface area contributed by atoms with E-state index in [9.17, 15) is 38.7 Å². The van der Waals surface area contributed by atoms with Crippen LogP contribution in [0.2, 0.25) is 0 Å². The van der Waals surface area contributed by atoms with Gasteiger partial charge >= 0.3 is 10.4 Å². The Hall–Kier alpha value is -0.940. The molecule has 1 aliphatic heterocycles. The molecule has 0 saturated carbocycles. The van der Waals surface area contributed by atoms with E-state index in [4.69, 9.17) is 14.0 Å². The summed E-state index contributed by atoms with van der Waals surface area (Å²) in [5.74, 6) is -0.678. The molecule has 14 heteroatoms. The monoisotopic (exact) mass is 798 g/mol.